The van der Waals surface area contributed by atoms with Crippen LogP contribution in [0.5, 0.6) is 17.2 Å². The Hall–Kier alpha value is -3.68. The van der Waals surface area contributed by atoms with Gasteiger partial charge in [0.05, 0.1) is 19.8 Å². The number of ether oxygens (including phenoxy) is 3. The van der Waals surface area contributed by atoms with Gasteiger partial charge in [-0.25, -0.2) is 0 Å². The van der Waals surface area contributed by atoms with Crippen LogP contribution in [-0.4, -0.2) is 61.7 Å². The van der Waals surface area contributed by atoms with E-state index < -0.39 is 0 Å². The summed E-state index contributed by atoms with van der Waals surface area (Å²) in [5.41, 5.74) is 3.46. The molecular formula is C28H35N3O5. The molecule has 8 nitrogen and oxygen atoms in total. The largest absolute Gasteiger partial charge is 0.493 e. The lowest BCUT2D eigenvalue weighted by Crippen LogP contribution is -2.38. The van der Waals surface area contributed by atoms with Gasteiger partial charge in [0, 0.05) is 43.3 Å². The van der Waals surface area contributed by atoms with Crippen molar-refractivity contribution in [3.05, 3.63) is 53.2 Å². The molecule has 36 heavy (non-hydrogen) atoms. The maximum absolute atomic E-state index is 13.2. The minimum atomic E-state index is -0.139. The number of carbonyl (C=O) groups excluding carboxylic acids is 2. The monoisotopic (exact) mass is 493 g/mol. The van der Waals surface area contributed by atoms with Crippen LogP contribution in [0.2, 0.25) is 0 Å². The molecule has 0 aliphatic carbocycles. The van der Waals surface area contributed by atoms with Crippen molar-refractivity contribution < 1.29 is 23.8 Å². The molecule has 0 radical (unpaired) electrons. The number of likely N-dealkylation sites (tertiary alicyclic amines) is 1. The molecule has 1 saturated heterocycles. The van der Waals surface area contributed by atoms with Crippen molar-refractivity contribution in [2.24, 2.45) is 7.05 Å². The van der Waals surface area contributed by atoms with Gasteiger partial charge in [0.25, 0.3) is 11.8 Å². The predicted molar refractivity (Wildman–Crippen MR) is 139 cm³/mol. The Morgan fingerprint density at radius 2 is 1.72 bits per heavy atom. The van der Waals surface area contributed by atoms with E-state index in [9.17, 15) is 9.59 Å². The lowest BCUT2D eigenvalue weighted by molar-refractivity contribution is -0.134. The number of rotatable bonds is 9. The van der Waals surface area contributed by atoms with Crippen LogP contribution in [0, 0.1) is 6.92 Å². The number of aryl methyl sites for hydroxylation is 1. The molecule has 2 amide bonds. The Kier molecular flexibility index (Phi) is 8.03. The van der Waals surface area contributed by atoms with E-state index in [1.165, 1.54) is 6.42 Å². The smallest absolute Gasteiger partial charge is 0.260 e. The number of carbonyl (C=O) groups is 2. The number of hydrogen-bond acceptors (Lipinski definition) is 5. The quantitative estimate of drug-likeness (QED) is 0.489. The van der Waals surface area contributed by atoms with Crippen molar-refractivity contribution in [1.29, 1.82) is 0 Å². The van der Waals surface area contributed by atoms with Crippen LogP contribution in [0.25, 0.3) is 10.9 Å². The third kappa shape index (κ3) is 5.42. The standard InChI is InChI=1S/C28H35N3O5/c1-19-27(28(33)29-13-12-20-8-11-24(34-3)25(16-20)35-4)22-17-21(9-10-23(22)30(19)2)36-18-26(32)31-14-6-5-7-15-31/h8-11,16-17H,5-7,12-15,18H2,1-4H3,(H,29,33). The number of hydrogen-bond donors (Lipinski definition) is 1. The highest BCUT2D eigenvalue weighted by Gasteiger charge is 2.20. The second-order valence-corrected chi connectivity index (χ2v) is 9.12. The van der Waals surface area contributed by atoms with E-state index in [2.05, 4.69) is 5.32 Å². The molecule has 1 N–H and O–H groups in total. The molecule has 0 spiro atoms. The van der Waals surface area contributed by atoms with E-state index in [1.54, 1.807) is 14.2 Å². The first-order valence-electron chi connectivity index (χ1n) is 12.4. The molecule has 192 valence electrons. The molecule has 0 bridgehead atoms. The first-order valence-corrected chi connectivity index (χ1v) is 12.4. The summed E-state index contributed by atoms with van der Waals surface area (Å²) in [6.07, 6.45) is 3.92. The fourth-order valence-electron chi connectivity index (χ4n) is 4.75. The van der Waals surface area contributed by atoms with Crippen LogP contribution in [0.1, 0.15) is 40.9 Å². The van der Waals surface area contributed by atoms with E-state index in [4.69, 9.17) is 14.2 Å². The Balaban J connectivity index is 1.44. The van der Waals surface area contributed by atoms with Crippen molar-refractivity contribution in [3.8, 4) is 17.2 Å². The van der Waals surface area contributed by atoms with E-state index in [0.29, 0.717) is 35.8 Å². The number of amides is 2. The molecule has 2 heterocycles. The molecule has 4 rings (SSSR count). The summed E-state index contributed by atoms with van der Waals surface area (Å²) in [4.78, 5) is 27.6. The van der Waals surface area contributed by atoms with Gasteiger partial charge in [-0.2, -0.15) is 0 Å². The molecule has 0 atom stereocenters. The molecule has 1 aliphatic rings. The zero-order valence-corrected chi connectivity index (χ0v) is 21.6. The summed E-state index contributed by atoms with van der Waals surface area (Å²) in [6, 6.07) is 11.4. The van der Waals surface area contributed by atoms with Crippen LogP contribution in [0.3, 0.4) is 0 Å². The van der Waals surface area contributed by atoms with Crippen LogP contribution < -0.4 is 19.5 Å². The summed E-state index contributed by atoms with van der Waals surface area (Å²) in [7, 11) is 5.15. The molecule has 1 aliphatic heterocycles. The molecule has 1 fully saturated rings. The van der Waals surface area contributed by atoms with Crippen molar-refractivity contribution in [2.75, 3.05) is 40.5 Å². The van der Waals surface area contributed by atoms with Crippen molar-refractivity contribution >= 4 is 22.7 Å². The lowest BCUT2D eigenvalue weighted by atomic mass is 10.1. The highest BCUT2D eigenvalue weighted by molar-refractivity contribution is 6.08. The van der Waals surface area contributed by atoms with E-state index >= 15 is 0 Å². The fraction of sp³-hybridized carbons (Fsp3) is 0.429. The topological polar surface area (TPSA) is 82.0 Å². The van der Waals surface area contributed by atoms with Crippen molar-refractivity contribution in [3.63, 3.8) is 0 Å². The van der Waals surface area contributed by atoms with Crippen LogP contribution >= 0.6 is 0 Å². The summed E-state index contributed by atoms with van der Waals surface area (Å²) in [6.45, 7) is 4.01. The Labute approximate surface area is 212 Å². The summed E-state index contributed by atoms with van der Waals surface area (Å²) in [5.74, 6) is 1.79. The van der Waals surface area contributed by atoms with Crippen molar-refractivity contribution in [1.82, 2.24) is 14.8 Å². The molecule has 0 saturated carbocycles. The molecular weight excluding hydrogens is 458 g/mol. The van der Waals surface area contributed by atoms with Crippen LogP contribution in [0.4, 0.5) is 0 Å². The third-order valence-electron chi connectivity index (χ3n) is 6.91. The van der Waals surface area contributed by atoms with E-state index in [-0.39, 0.29) is 18.4 Å². The number of nitrogens with zero attached hydrogens (tertiary/aromatic N) is 2. The lowest BCUT2D eigenvalue weighted by Gasteiger charge is -2.26. The van der Waals surface area contributed by atoms with Gasteiger partial charge in [-0.1, -0.05) is 6.07 Å². The van der Waals surface area contributed by atoms with Gasteiger partial charge in [0.15, 0.2) is 18.1 Å². The van der Waals surface area contributed by atoms with Gasteiger partial charge in [-0.15, -0.1) is 0 Å². The van der Waals surface area contributed by atoms with Crippen LogP contribution in [0.15, 0.2) is 36.4 Å². The van der Waals surface area contributed by atoms with E-state index in [1.807, 2.05) is 59.8 Å². The SMILES string of the molecule is COc1ccc(CCNC(=O)c2c(C)n(C)c3ccc(OCC(=O)N4CCCCC4)cc23)cc1OC. The number of benzene rings is 2. The molecule has 3 aromatic rings. The first kappa shape index (κ1) is 25.4. The zero-order chi connectivity index (χ0) is 25.7. The Morgan fingerprint density at radius 1 is 0.972 bits per heavy atom. The molecule has 0 unspecified atom stereocenters. The number of methoxy groups -OCH3 is 2. The predicted octanol–water partition coefficient (Wildman–Crippen LogP) is 3.87. The van der Waals surface area contributed by atoms with Gasteiger partial charge < -0.3 is 29.0 Å². The minimum Gasteiger partial charge on any atom is -0.493 e. The number of piperidine rings is 1. The summed E-state index contributed by atoms with van der Waals surface area (Å²) in [5, 5.41) is 3.85. The average Bonchev–Trinajstić information content (AvgIpc) is 3.16. The highest BCUT2D eigenvalue weighted by Crippen LogP contribution is 2.29. The van der Waals surface area contributed by atoms with Gasteiger partial charge in [0.1, 0.15) is 5.75 Å². The second-order valence-electron chi connectivity index (χ2n) is 9.12. The number of fused-ring (bicyclic) bond motifs is 1. The maximum atomic E-state index is 13.2. The van der Waals surface area contributed by atoms with E-state index in [0.717, 1.165) is 48.1 Å². The van der Waals surface area contributed by atoms with Gasteiger partial charge in [0.2, 0.25) is 0 Å². The van der Waals surface area contributed by atoms with Gasteiger partial charge >= 0.3 is 0 Å². The Morgan fingerprint density at radius 3 is 2.44 bits per heavy atom. The zero-order valence-electron chi connectivity index (χ0n) is 21.6. The number of nitrogens with one attached hydrogen (secondary N) is 1. The fourth-order valence-corrected chi connectivity index (χ4v) is 4.75. The third-order valence-corrected chi connectivity index (χ3v) is 6.91. The molecule has 2 aromatic carbocycles. The summed E-state index contributed by atoms with van der Waals surface area (Å²) < 4.78 is 18.5. The molecule has 8 heteroatoms. The normalized spacial score (nSPS) is 13.5. The highest BCUT2D eigenvalue weighted by atomic mass is 16.5. The van der Waals surface area contributed by atoms with Crippen molar-refractivity contribution in [2.45, 2.75) is 32.6 Å². The van der Waals surface area contributed by atoms with Crippen LogP contribution in [-0.2, 0) is 18.3 Å². The average molecular weight is 494 g/mol. The number of aromatic nitrogens is 1. The molecule has 1 aromatic heterocycles. The van der Waals surface area contributed by atoms with Gasteiger partial charge in [-0.3, -0.25) is 9.59 Å². The maximum Gasteiger partial charge on any atom is 0.260 e. The summed E-state index contributed by atoms with van der Waals surface area (Å²) >= 11 is 0. The Bertz CT molecular complexity index is 1240. The van der Waals surface area contributed by atoms with Gasteiger partial charge in [-0.05, 0) is 68.5 Å². The minimum absolute atomic E-state index is 0.00414. The first-order chi connectivity index (χ1) is 17.4. The second kappa shape index (κ2) is 11.4.